The average molecular weight is 413 g/mol. The summed E-state index contributed by atoms with van der Waals surface area (Å²) in [6.45, 7) is 3.49. The summed E-state index contributed by atoms with van der Waals surface area (Å²) < 4.78 is 10.6. The zero-order chi connectivity index (χ0) is 21.7. The number of nitro groups is 1. The van der Waals surface area contributed by atoms with Gasteiger partial charge in [-0.05, 0) is 31.2 Å². The van der Waals surface area contributed by atoms with Gasteiger partial charge in [0.15, 0.2) is 6.10 Å². The number of nitrogens with zero attached hydrogens (tertiary/aromatic N) is 3. The topological polar surface area (TPSA) is 102 Å². The highest BCUT2D eigenvalue weighted by molar-refractivity contribution is 5.99. The molecule has 9 nitrogen and oxygen atoms in total. The van der Waals surface area contributed by atoms with Gasteiger partial charge in [-0.1, -0.05) is 18.2 Å². The van der Waals surface area contributed by atoms with E-state index in [0.717, 1.165) is 0 Å². The van der Waals surface area contributed by atoms with Gasteiger partial charge in [-0.25, -0.2) is 4.79 Å². The summed E-state index contributed by atoms with van der Waals surface area (Å²) >= 11 is 0. The number of carbonyl (C=O) groups is 2. The molecule has 0 unspecified atom stereocenters. The molecule has 2 aromatic rings. The first-order valence-electron chi connectivity index (χ1n) is 9.53. The summed E-state index contributed by atoms with van der Waals surface area (Å²) in [4.78, 5) is 39.4. The van der Waals surface area contributed by atoms with Crippen LogP contribution in [0.25, 0.3) is 0 Å². The highest BCUT2D eigenvalue weighted by Gasteiger charge is 2.26. The Morgan fingerprint density at radius 3 is 2.47 bits per heavy atom. The monoisotopic (exact) mass is 413 g/mol. The molecule has 3 rings (SSSR count). The standard InChI is InChI=1S/C21H23N3O6/c1-15(20(25)22(2)17-6-4-3-5-7-17)30-21(26)16-8-9-18(19(14-16)24(27)28)23-10-12-29-13-11-23/h3-9,14-15H,10-13H2,1-2H3/t15-/m1/s1. The van der Waals surface area contributed by atoms with Gasteiger partial charge in [-0.15, -0.1) is 0 Å². The maximum atomic E-state index is 12.6. The fourth-order valence-electron chi connectivity index (χ4n) is 3.20. The molecule has 9 heteroatoms. The van der Waals surface area contributed by atoms with Crippen molar-refractivity contribution in [1.29, 1.82) is 0 Å². The van der Waals surface area contributed by atoms with Gasteiger partial charge in [0.25, 0.3) is 11.6 Å². The fourth-order valence-corrected chi connectivity index (χ4v) is 3.20. The van der Waals surface area contributed by atoms with Crippen LogP contribution in [0.1, 0.15) is 17.3 Å². The third-order valence-corrected chi connectivity index (χ3v) is 4.87. The maximum absolute atomic E-state index is 12.6. The molecule has 1 saturated heterocycles. The van der Waals surface area contributed by atoms with E-state index in [-0.39, 0.29) is 11.3 Å². The van der Waals surface area contributed by atoms with Gasteiger partial charge in [-0.2, -0.15) is 0 Å². The minimum absolute atomic E-state index is 0.0146. The second kappa shape index (κ2) is 9.36. The Labute approximate surface area is 173 Å². The first-order valence-corrected chi connectivity index (χ1v) is 9.53. The molecule has 0 aromatic heterocycles. The van der Waals surface area contributed by atoms with E-state index in [1.807, 2.05) is 11.0 Å². The lowest BCUT2D eigenvalue weighted by Crippen LogP contribution is -2.37. The van der Waals surface area contributed by atoms with E-state index in [1.165, 1.54) is 30.0 Å². The van der Waals surface area contributed by atoms with Crippen LogP contribution in [0, 0.1) is 10.1 Å². The predicted octanol–water partition coefficient (Wildman–Crippen LogP) is 2.64. The van der Waals surface area contributed by atoms with Crippen LogP contribution in [0.2, 0.25) is 0 Å². The van der Waals surface area contributed by atoms with Crippen molar-refractivity contribution in [3.05, 3.63) is 64.2 Å². The predicted molar refractivity (Wildman–Crippen MR) is 111 cm³/mol. The van der Waals surface area contributed by atoms with Crippen molar-refractivity contribution in [2.45, 2.75) is 13.0 Å². The summed E-state index contributed by atoms with van der Waals surface area (Å²) in [6, 6.07) is 13.1. The lowest BCUT2D eigenvalue weighted by Gasteiger charge is -2.28. The molecule has 1 aliphatic rings. The van der Waals surface area contributed by atoms with Crippen LogP contribution >= 0.6 is 0 Å². The van der Waals surface area contributed by atoms with Crippen molar-refractivity contribution in [1.82, 2.24) is 0 Å². The zero-order valence-corrected chi connectivity index (χ0v) is 16.8. The molecule has 1 atom stereocenters. The Morgan fingerprint density at radius 2 is 1.83 bits per heavy atom. The van der Waals surface area contributed by atoms with Gasteiger partial charge < -0.3 is 19.3 Å². The van der Waals surface area contributed by atoms with Crippen LogP contribution in [0.15, 0.2) is 48.5 Å². The van der Waals surface area contributed by atoms with Crippen LogP contribution in [0.5, 0.6) is 0 Å². The quantitative estimate of drug-likeness (QED) is 0.407. The molecule has 1 aliphatic heterocycles. The number of likely N-dealkylation sites (N-methyl/N-ethyl adjacent to an activating group) is 1. The highest BCUT2D eigenvalue weighted by atomic mass is 16.6. The van der Waals surface area contributed by atoms with Gasteiger partial charge in [-0.3, -0.25) is 14.9 Å². The van der Waals surface area contributed by atoms with E-state index in [2.05, 4.69) is 0 Å². The number of rotatable bonds is 6. The van der Waals surface area contributed by atoms with Crippen molar-refractivity contribution >= 4 is 28.9 Å². The first-order chi connectivity index (χ1) is 14.4. The number of carbonyl (C=O) groups excluding carboxylic acids is 2. The molecule has 30 heavy (non-hydrogen) atoms. The van der Waals surface area contributed by atoms with Crippen LogP contribution in [0.4, 0.5) is 17.1 Å². The van der Waals surface area contributed by atoms with E-state index in [0.29, 0.717) is 37.7 Å². The van der Waals surface area contributed by atoms with E-state index in [1.54, 1.807) is 31.3 Å². The van der Waals surface area contributed by atoms with Gasteiger partial charge in [0.1, 0.15) is 5.69 Å². The third-order valence-electron chi connectivity index (χ3n) is 4.87. The van der Waals surface area contributed by atoms with Crippen LogP contribution in [-0.2, 0) is 14.3 Å². The summed E-state index contributed by atoms with van der Waals surface area (Å²) in [7, 11) is 1.59. The first kappa shape index (κ1) is 21.3. The normalized spacial score (nSPS) is 14.7. The maximum Gasteiger partial charge on any atom is 0.339 e. The second-order valence-electron chi connectivity index (χ2n) is 6.84. The third kappa shape index (κ3) is 4.74. The number of benzene rings is 2. The Hall–Kier alpha value is -3.46. The number of hydrogen-bond acceptors (Lipinski definition) is 7. The van der Waals surface area contributed by atoms with Crippen LogP contribution in [-0.4, -0.2) is 56.3 Å². The van der Waals surface area contributed by atoms with Crippen molar-refractivity contribution in [3.63, 3.8) is 0 Å². The lowest BCUT2D eigenvalue weighted by atomic mass is 10.1. The smallest absolute Gasteiger partial charge is 0.339 e. The fraction of sp³-hybridized carbons (Fsp3) is 0.333. The van der Waals surface area contributed by atoms with Crippen molar-refractivity contribution in [3.8, 4) is 0 Å². The minimum Gasteiger partial charge on any atom is -0.449 e. The number of amides is 1. The number of hydrogen-bond donors (Lipinski definition) is 0. The van der Waals surface area contributed by atoms with E-state index < -0.39 is 22.9 Å². The molecule has 158 valence electrons. The summed E-state index contributed by atoms with van der Waals surface area (Å²) in [5.74, 6) is -1.21. The van der Waals surface area contributed by atoms with E-state index in [4.69, 9.17) is 9.47 Å². The van der Waals surface area contributed by atoms with Crippen LogP contribution < -0.4 is 9.80 Å². The molecular formula is C21H23N3O6. The Bertz CT molecular complexity index is 928. The average Bonchev–Trinajstić information content (AvgIpc) is 2.78. The Morgan fingerprint density at radius 1 is 1.17 bits per heavy atom. The number of anilines is 2. The number of para-hydroxylation sites is 1. The van der Waals surface area contributed by atoms with Crippen molar-refractivity contribution < 1.29 is 24.0 Å². The number of ether oxygens (including phenoxy) is 2. The van der Waals surface area contributed by atoms with Gasteiger partial charge in [0.2, 0.25) is 0 Å². The highest BCUT2D eigenvalue weighted by Crippen LogP contribution is 2.30. The SMILES string of the molecule is C[C@@H](OC(=O)c1ccc(N2CCOCC2)c([N+](=O)[O-])c1)C(=O)N(C)c1ccccc1. The summed E-state index contributed by atoms with van der Waals surface area (Å²) in [5.41, 5.74) is 0.913. The molecule has 1 heterocycles. The molecule has 2 aromatic carbocycles. The number of esters is 1. The second-order valence-corrected chi connectivity index (χ2v) is 6.84. The van der Waals surface area contributed by atoms with Crippen molar-refractivity contribution in [2.24, 2.45) is 0 Å². The summed E-state index contributed by atoms with van der Waals surface area (Å²) in [5, 5.41) is 11.6. The molecule has 0 radical (unpaired) electrons. The molecule has 0 N–H and O–H groups in total. The largest absolute Gasteiger partial charge is 0.449 e. The zero-order valence-electron chi connectivity index (χ0n) is 16.8. The minimum atomic E-state index is -1.05. The van der Waals surface area contributed by atoms with E-state index in [9.17, 15) is 19.7 Å². The number of morpholine rings is 1. The van der Waals surface area contributed by atoms with Crippen LogP contribution in [0.3, 0.4) is 0 Å². The Balaban J connectivity index is 1.73. The van der Waals surface area contributed by atoms with Gasteiger partial charge in [0, 0.05) is 31.9 Å². The van der Waals surface area contributed by atoms with Gasteiger partial charge >= 0.3 is 5.97 Å². The number of nitro benzene ring substituents is 1. The van der Waals surface area contributed by atoms with Gasteiger partial charge in [0.05, 0.1) is 23.7 Å². The van der Waals surface area contributed by atoms with Crippen molar-refractivity contribution in [2.75, 3.05) is 43.2 Å². The lowest BCUT2D eigenvalue weighted by molar-refractivity contribution is -0.384. The molecule has 1 amide bonds. The van der Waals surface area contributed by atoms with E-state index >= 15 is 0 Å². The molecule has 0 bridgehead atoms. The molecule has 1 fully saturated rings. The molecule has 0 spiro atoms. The summed E-state index contributed by atoms with van der Waals surface area (Å²) in [6.07, 6.45) is -1.05. The molecule has 0 saturated carbocycles. The molecule has 0 aliphatic carbocycles. The molecular weight excluding hydrogens is 390 g/mol. The Kier molecular flexibility index (Phi) is 6.63.